The Hall–Kier alpha value is -1.16. The maximum Gasteiger partial charge on any atom is 0.147 e. The van der Waals surface area contributed by atoms with Crippen LogP contribution in [0.25, 0.3) is 0 Å². The standard InChI is InChI=1S/C16H24O3S/c1-4-16(5-2,14-10-7-6-8-11-14)15(17)12-9-13-20(3,18)19/h6-8,10-11H,4-5,9,12-13H2,1-3H3. The van der Waals surface area contributed by atoms with Crippen LogP contribution in [0.4, 0.5) is 0 Å². The van der Waals surface area contributed by atoms with Crippen molar-refractivity contribution in [3.05, 3.63) is 35.9 Å². The van der Waals surface area contributed by atoms with Crippen LogP contribution < -0.4 is 0 Å². The molecule has 1 rings (SSSR count). The third-order valence-corrected chi connectivity index (χ3v) is 5.02. The molecule has 0 N–H and O–H groups in total. The van der Waals surface area contributed by atoms with Crippen LogP contribution in [0, 0.1) is 0 Å². The molecule has 0 amide bonds. The van der Waals surface area contributed by atoms with Crippen LogP contribution in [0.3, 0.4) is 0 Å². The monoisotopic (exact) mass is 296 g/mol. The van der Waals surface area contributed by atoms with Gasteiger partial charge in [0.15, 0.2) is 0 Å². The number of ketones is 1. The predicted octanol–water partition coefficient (Wildman–Crippen LogP) is 3.14. The highest BCUT2D eigenvalue weighted by molar-refractivity contribution is 7.90. The van der Waals surface area contributed by atoms with Crippen molar-refractivity contribution in [2.24, 2.45) is 0 Å². The predicted molar refractivity (Wildman–Crippen MR) is 82.7 cm³/mol. The lowest BCUT2D eigenvalue weighted by molar-refractivity contribution is -0.125. The fraction of sp³-hybridized carbons (Fsp3) is 0.562. The number of Topliss-reactive ketones (excluding diaryl/α,β-unsaturated/α-hetero) is 1. The van der Waals surface area contributed by atoms with Gasteiger partial charge in [-0.2, -0.15) is 0 Å². The van der Waals surface area contributed by atoms with E-state index in [4.69, 9.17) is 0 Å². The molecule has 0 heterocycles. The van der Waals surface area contributed by atoms with E-state index in [0.29, 0.717) is 12.8 Å². The van der Waals surface area contributed by atoms with Crippen molar-refractivity contribution in [1.82, 2.24) is 0 Å². The van der Waals surface area contributed by atoms with Gasteiger partial charge < -0.3 is 0 Å². The van der Waals surface area contributed by atoms with E-state index in [9.17, 15) is 13.2 Å². The van der Waals surface area contributed by atoms with E-state index in [1.165, 1.54) is 6.26 Å². The Balaban J connectivity index is 2.88. The van der Waals surface area contributed by atoms with Crippen LogP contribution in [0.5, 0.6) is 0 Å². The normalized spacial score (nSPS) is 12.3. The molecule has 0 aliphatic heterocycles. The number of benzene rings is 1. The largest absolute Gasteiger partial charge is 0.299 e. The lowest BCUT2D eigenvalue weighted by atomic mass is 9.71. The van der Waals surface area contributed by atoms with Crippen LogP contribution in [-0.4, -0.2) is 26.2 Å². The molecule has 0 spiro atoms. The Morgan fingerprint density at radius 3 is 2.10 bits per heavy atom. The molecule has 0 unspecified atom stereocenters. The third kappa shape index (κ3) is 4.17. The zero-order valence-electron chi connectivity index (χ0n) is 12.6. The second kappa shape index (κ2) is 7.02. The summed E-state index contributed by atoms with van der Waals surface area (Å²) < 4.78 is 22.3. The minimum absolute atomic E-state index is 0.0804. The van der Waals surface area contributed by atoms with Crippen molar-refractivity contribution < 1.29 is 13.2 Å². The SMILES string of the molecule is CCC(CC)(C(=O)CCCS(C)(=O)=O)c1ccccc1. The number of hydrogen-bond acceptors (Lipinski definition) is 3. The molecule has 0 saturated carbocycles. The van der Waals surface area contributed by atoms with Crippen molar-refractivity contribution in [1.29, 1.82) is 0 Å². The molecule has 1 aromatic rings. The highest BCUT2D eigenvalue weighted by Gasteiger charge is 2.35. The van der Waals surface area contributed by atoms with Gasteiger partial charge in [-0.15, -0.1) is 0 Å². The van der Waals surface area contributed by atoms with Gasteiger partial charge in [0.25, 0.3) is 0 Å². The summed E-state index contributed by atoms with van der Waals surface area (Å²) in [7, 11) is -3.00. The molecule has 3 nitrogen and oxygen atoms in total. The van der Waals surface area contributed by atoms with Crippen LogP contribution in [0.2, 0.25) is 0 Å². The zero-order valence-corrected chi connectivity index (χ0v) is 13.4. The van der Waals surface area contributed by atoms with Gasteiger partial charge in [-0.1, -0.05) is 44.2 Å². The molecule has 112 valence electrons. The molecule has 0 atom stereocenters. The molecule has 0 aliphatic carbocycles. The lowest BCUT2D eigenvalue weighted by Gasteiger charge is -2.31. The first-order valence-electron chi connectivity index (χ1n) is 7.12. The van der Waals surface area contributed by atoms with Crippen molar-refractivity contribution in [2.75, 3.05) is 12.0 Å². The van der Waals surface area contributed by atoms with Crippen LogP contribution >= 0.6 is 0 Å². The average molecular weight is 296 g/mol. The minimum atomic E-state index is -3.00. The van der Waals surface area contributed by atoms with E-state index < -0.39 is 15.3 Å². The molecule has 0 aromatic heterocycles. The van der Waals surface area contributed by atoms with E-state index >= 15 is 0 Å². The van der Waals surface area contributed by atoms with Crippen molar-refractivity contribution in [3.8, 4) is 0 Å². The number of hydrogen-bond donors (Lipinski definition) is 0. The highest BCUT2D eigenvalue weighted by atomic mass is 32.2. The Morgan fingerprint density at radius 1 is 1.10 bits per heavy atom. The van der Waals surface area contributed by atoms with Crippen molar-refractivity contribution >= 4 is 15.6 Å². The summed E-state index contributed by atoms with van der Waals surface area (Å²) in [5, 5.41) is 0. The first-order valence-corrected chi connectivity index (χ1v) is 9.18. The van der Waals surface area contributed by atoms with Crippen molar-refractivity contribution in [3.63, 3.8) is 0 Å². The Kier molecular flexibility index (Phi) is 5.93. The fourth-order valence-corrected chi connectivity index (χ4v) is 3.37. The Bertz CT molecular complexity index is 528. The van der Waals surface area contributed by atoms with Gasteiger partial charge in [-0.25, -0.2) is 8.42 Å². The van der Waals surface area contributed by atoms with Gasteiger partial charge in [-0.05, 0) is 24.8 Å². The Morgan fingerprint density at radius 2 is 1.65 bits per heavy atom. The molecular weight excluding hydrogens is 272 g/mol. The molecule has 0 saturated heterocycles. The maximum atomic E-state index is 12.6. The number of rotatable bonds is 8. The fourth-order valence-electron chi connectivity index (χ4n) is 2.70. The molecule has 0 bridgehead atoms. The summed E-state index contributed by atoms with van der Waals surface area (Å²) in [6.45, 7) is 4.04. The number of carbonyl (C=O) groups excluding carboxylic acids is 1. The van der Waals surface area contributed by atoms with E-state index in [0.717, 1.165) is 18.4 Å². The van der Waals surface area contributed by atoms with Crippen LogP contribution in [0.15, 0.2) is 30.3 Å². The highest BCUT2D eigenvalue weighted by Crippen LogP contribution is 2.34. The first-order chi connectivity index (χ1) is 9.35. The van der Waals surface area contributed by atoms with Crippen molar-refractivity contribution in [2.45, 2.75) is 44.9 Å². The van der Waals surface area contributed by atoms with E-state index in [-0.39, 0.29) is 11.5 Å². The molecule has 0 radical (unpaired) electrons. The summed E-state index contributed by atoms with van der Waals surface area (Å²) in [6, 6.07) is 9.80. The average Bonchev–Trinajstić information content (AvgIpc) is 2.40. The second-order valence-corrected chi connectivity index (χ2v) is 7.57. The summed E-state index contributed by atoms with van der Waals surface area (Å²) in [4.78, 5) is 12.6. The zero-order chi connectivity index (χ0) is 15.2. The lowest BCUT2D eigenvalue weighted by Crippen LogP contribution is -2.34. The van der Waals surface area contributed by atoms with E-state index in [2.05, 4.69) is 0 Å². The van der Waals surface area contributed by atoms with Crippen LogP contribution in [0.1, 0.15) is 45.1 Å². The third-order valence-electron chi connectivity index (χ3n) is 3.99. The number of sulfone groups is 1. The topological polar surface area (TPSA) is 51.2 Å². The van der Waals surface area contributed by atoms with Gasteiger partial charge >= 0.3 is 0 Å². The summed E-state index contributed by atoms with van der Waals surface area (Å²) in [6.07, 6.45) is 3.42. The quantitative estimate of drug-likeness (QED) is 0.740. The molecule has 4 heteroatoms. The minimum Gasteiger partial charge on any atom is -0.299 e. The van der Waals surface area contributed by atoms with Gasteiger partial charge in [0.2, 0.25) is 0 Å². The summed E-state index contributed by atoms with van der Waals surface area (Å²) >= 11 is 0. The van der Waals surface area contributed by atoms with Crippen LogP contribution in [-0.2, 0) is 20.0 Å². The molecule has 1 aromatic carbocycles. The molecule has 0 fully saturated rings. The summed E-state index contributed by atoms with van der Waals surface area (Å²) in [5.41, 5.74) is 0.563. The van der Waals surface area contributed by atoms with Gasteiger partial charge in [-0.3, -0.25) is 4.79 Å². The number of carbonyl (C=O) groups is 1. The smallest absolute Gasteiger partial charge is 0.147 e. The molecular formula is C16H24O3S. The Labute approximate surface area is 122 Å². The summed E-state index contributed by atoms with van der Waals surface area (Å²) in [5.74, 6) is 0.231. The van der Waals surface area contributed by atoms with Gasteiger partial charge in [0.1, 0.15) is 15.6 Å². The van der Waals surface area contributed by atoms with Gasteiger partial charge in [0.05, 0.1) is 11.2 Å². The van der Waals surface area contributed by atoms with E-state index in [1.54, 1.807) is 0 Å². The maximum absolute atomic E-state index is 12.6. The molecule has 20 heavy (non-hydrogen) atoms. The molecule has 0 aliphatic rings. The first kappa shape index (κ1) is 16.9. The van der Waals surface area contributed by atoms with Gasteiger partial charge in [0, 0.05) is 12.7 Å². The van der Waals surface area contributed by atoms with E-state index in [1.807, 2.05) is 44.2 Å². The second-order valence-electron chi connectivity index (χ2n) is 5.31.